The van der Waals surface area contributed by atoms with Gasteiger partial charge in [0.05, 0.1) is 83.1 Å². The highest BCUT2D eigenvalue weighted by atomic mass is 16.6. The monoisotopic (exact) mass is 1380 g/mol. The Morgan fingerprint density at radius 3 is 1.12 bits per heavy atom. The average Bonchev–Trinajstić information content (AvgIpc) is 1.64. The number of aliphatic hydroxyl groups is 16. The number of benzene rings is 2. The molecule has 0 spiro atoms. The zero-order chi connectivity index (χ0) is 71.5. The van der Waals surface area contributed by atoms with Gasteiger partial charge in [0.25, 0.3) is 0 Å². The van der Waals surface area contributed by atoms with Gasteiger partial charge in [-0.05, 0) is 35.1 Å². The van der Waals surface area contributed by atoms with Crippen LogP contribution in [-0.2, 0) is 62.0 Å². The van der Waals surface area contributed by atoms with Crippen molar-refractivity contribution in [3.8, 4) is 11.1 Å². The van der Waals surface area contributed by atoms with Crippen LogP contribution in [-0.4, -0.2) is 322 Å². The first-order chi connectivity index (χ1) is 46.1. The van der Waals surface area contributed by atoms with E-state index in [4.69, 9.17) is 34.5 Å². The summed E-state index contributed by atoms with van der Waals surface area (Å²) in [6, 6.07) is 13.3. The van der Waals surface area contributed by atoms with Crippen molar-refractivity contribution in [2.24, 2.45) is 11.7 Å². The number of aliphatic hydroxyl groups excluding tert-OH is 16. The topological polar surface area (TPSA) is 598 Å². The van der Waals surface area contributed by atoms with Gasteiger partial charge in [-0.15, -0.1) is 0 Å². The quantitative estimate of drug-likeness (QED) is 0.0323. The van der Waals surface area contributed by atoms with Crippen molar-refractivity contribution < 1.29 is 149 Å². The molecule has 4 amide bonds. The fourth-order valence-electron chi connectivity index (χ4n) is 11.9. The molecule has 0 saturated carbocycles. The van der Waals surface area contributed by atoms with Crippen molar-refractivity contribution in [1.82, 2.24) is 21.3 Å². The van der Waals surface area contributed by atoms with Crippen molar-refractivity contribution in [3.05, 3.63) is 59.7 Å². The summed E-state index contributed by atoms with van der Waals surface area (Å²) in [6.07, 6.45) is -35.7. The normalized spacial score (nSPS) is 31.4. The van der Waals surface area contributed by atoms with Gasteiger partial charge in [-0.2, -0.15) is 0 Å². The molecule has 0 bridgehead atoms. The number of carbonyl (C=O) groups is 9. The number of ether oxygens (including phenoxy) is 5. The minimum Gasteiger partial charge on any atom is -0.449 e. The van der Waals surface area contributed by atoms with Crippen molar-refractivity contribution in [2.75, 3.05) is 59.2 Å². The van der Waals surface area contributed by atoms with Gasteiger partial charge in [-0.25, -0.2) is 4.79 Å². The molecule has 7 rings (SSSR count). The third-order valence-electron chi connectivity index (χ3n) is 17.6. The summed E-state index contributed by atoms with van der Waals surface area (Å²) < 4.78 is 26.9. The van der Waals surface area contributed by atoms with Gasteiger partial charge in [0.1, 0.15) is 110 Å². The van der Waals surface area contributed by atoms with Crippen LogP contribution in [0.3, 0.4) is 0 Å². The van der Waals surface area contributed by atoms with E-state index in [1.165, 1.54) is 0 Å². The second-order valence-corrected chi connectivity index (χ2v) is 24.4. The summed E-state index contributed by atoms with van der Waals surface area (Å²) in [5, 5.41) is 167. The number of nitrogens with two attached hydrogens (primary N) is 1. The predicted octanol–water partition coefficient (Wildman–Crippen LogP) is -9.47. The van der Waals surface area contributed by atoms with Crippen LogP contribution in [0.1, 0.15) is 74.8 Å². The predicted molar refractivity (Wildman–Crippen MR) is 325 cm³/mol. The highest BCUT2D eigenvalue weighted by Gasteiger charge is 2.48. The summed E-state index contributed by atoms with van der Waals surface area (Å²) in [4.78, 5) is 119. The molecule has 2 aromatic carbocycles. The average molecular weight is 1380 g/mol. The number of nitrogens with one attached hydrogen (secondary N) is 4. The molecule has 35 heteroatoms. The maximum Gasteiger partial charge on any atom is 0.407 e. The zero-order valence-corrected chi connectivity index (χ0v) is 52.6. The summed E-state index contributed by atoms with van der Waals surface area (Å²) in [6.45, 7) is -5.25. The Balaban J connectivity index is 0.000000812. The highest BCUT2D eigenvalue weighted by Crippen LogP contribution is 2.44. The van der Waals surface area contributed by atoms with Gasteiger partial charge >= 0.3 is 6.09 Å². The Bertz CT molecular complexity index is 2930. The van der Waals surface area contributed by atoms with E-state index >= 15 is 0 Å². The summed E-state index contributed by atoms with van der Waals surface area (Å²) in [7, 11) is 0. The molecular formula is C62H89N5O30. The first-order valence-electron chi connectivity index (χ1n) is 31.5. The van der Waals surface area contributed by atoms with Crippen molar-refractivity contribution >= 4 is 52.7 Å². The third-order valence-corrected chi connectivity index (χ3v) is 17.6. The second-order valence-electron chi connectivity index (χ2n) is 24.4. The van der Waals surface area contributed by atoms with Gasteiger partial charge < -0.3 is 132 Å². The largest absolute Gasteiger partial charge is 0.449 e. The van der Waals surface area contributed by atoms with Crippen LogP contribution in [0.4, 0.5) is 4.79 Å². The molecule has 1 aliphatic carbocycles. The number of ketones is 5. The SMILES string of the molecule is NCC(=O)C[C@@H]1OC(CO)[C@H](O)[C@H](O)C1O.O=C(CNC(=O)CCC(CC(=O)C(CCC(=O)NCC(=O)C[C@@H]1OC(CO)[C@H](O)[C@H](O)C1O)NC(=O)OCC1c2ccccc2-c2ccccc21)C(=O)NCC(=O)C[C@@H]1OC(CO)[C@H](O)[C@H](O)C1O)C[C@@H]1OC(CO)[C@H](O)[C@H](O)C1O. The lowest BCUT2D eigenvalue weighted by Gasteiger charge is -2.39. The van der Waals surface area contributed by atoms with E-state index in [0.29, 0.717) is 0 Å². The summed E-state index contributed by atoms with van der Waals surface area (Å²) in [5.74, 6) is -8.01. The lowest BCUT2D eigenvalue weighted by atomic mass is 9.91. The molecule has 4 heterocycles. The Kier molecular flexibility index (Phi) is 31.0. The summed E-state index contributed by atoms with van der Waals surface area (Å²) in [5.41, 5.74) is 8.67. The van der Waals surface area contributed by atoms with Gasteiger partial charge in [-0.1, -0.05) is 48.5 Å². The van der Waals surface area contributed by atoms with Crippen LogP contribution in [0.2, 0.25) is 0 Å². The smallest absolute Gasteiger partial charge is 0.407 e. The first-order valence-corrected chi connectivity index (χ1v) is 31.5. The molecule has 2 aromatic rings. The number of fused-ring (bicyclic) bond motifs is 3. The second kappa shape index (κ2) is 37.7. The van der Waals surface area contributed by atoms with E-state index in [0.717, 1.165) is 22.3 Å². The van der Waals surface area contributed by atoms with Crippen LogP contribution in [0, 0.1) is 5.92 Å². The van der Waals surface area contributed by atoms with Crippen LogP contribution < -0.4 is 27.0 Å². The number of hydrogen-bond acceptors (Lipinski definition) is 31. The van der Waals surface area contributed by atoms with Crippen LogP contribution in [0.5, 0.6) is 0 Å². The lowest BCUT2D eigenvalue weighted by molar-refractivity contribution is -0.229. The molecule has 542 valence electrons. The molecular weight excluding hydrogens is 1290 g/mol. The third kappa shape index (κ3) is 21.3. The van der Waals surface area contributed by atoms with Crippen LogP contribution in [0.25, 0.3) is 11.1 Å². The molecule has 5 aliphatic rings. The Labute approximate surface area is 554 Å². The highest BCUT2D eigenvalue weighted by molar-refractivity contribution is 5.94. The maximum atomic E-state index is 14.4. The number of alkyl carbamates (subject to hydrolysis) is 1. The standard InChI is InChI=1S/C53H72N4O24.C9H17NO6/c58-20-38-46(70)49(73)43(67)35(79-38)14-25(61)17-54-41(65)11-9-24(52(76)56-19-27(63)16-37-45(69)51(75)48(72)40(22-60)81-37)13-34(64)33(10-12-42(66)55-18-26(62)15-36-44(68)50(74)47(71)39(21-59)80-36)57-53(77)78-23-32-30-7-3-1-5-28(30)29-6-2-4-8-31(29)32;10-2-4(12)1-5-7(13)9(15)8(14)6(3-11)16-5/h1-8,24,32-33,35-40,43-51,58-60,67-75H,9-23H2,(H,54,65)(H,55,66)(H,56,76)(H,57,77);5-9,11,13-15H,1-3,10H2/t24?,33?,35-,36-,37-,38?,39?,40?,43?,44?,45?,46-,47-,48-,49+,50+,51+;5-,6?,7?,8-,9+/m00/s1. The van der Waals surface area contributed by atoms with Crippen molar-refractivity contribution in [3.63, 3.8) is 0 Å². The van der Waals surface area contributed by atoms with E-state index in [1.54, 1.807) is 0 Å². The molecule has 35 nitrogen and oxygen atoms in total. The molecule has 4 saturated heterocycles. The Morgan fingerprint density at radius 2 is 0.763 bits per heavy atom. The lowest BCUT2D eigenvalue weighted by Crippen LogP contribution is -2.59. The minimum absolute atomic E-state index is 0.155. The molecule has 0 radical (unpaired) electrons. The molecule has 97 heavy (non-hydrogen) atoms. The number of rotatable bonds is 32. The van der Waals surface area contributed by atoms with Gasteiger partial charge in [-0.3, -0.25) is 38.4 Å². The van der Waals surface area contributed by atoms with E-state index in [9.17, 15) is 120 Å². The maximum absolute atomic E-state index is 14.4. The first kappa shape index (κ1) is 79.6. The van der Waals surface area contributed by atoms with Crippen LogP contribution in [0.15, 0.2) is 48.5 Å². The Morgan fingerprint density at radius 1 is 0.433 bits per heavy atom. The van der Waals surface area contributed by atoms with Gasteiger partial charge in [0, 0.05) is 56.8 Å². The zero-order valence-electron chi connectivity index (χ0n) is 52.6. The number of carbonyl (C=O) groups excluding carboxylic acids is 9. The van der Waals surface area contributed by atoms with E-state index < -0.39 is 284 Å². The van der Waals surface area contributed by atoms with Crippen molar-refractivity contribution in [1.29, 1.82) is 0 Å². The number of Topliss-reactive ketones (excluding diaryl/α,β-unsaturated/α-hetero) is 5. The fourth-order valence-corrected chi connectivity index (χ4v) is 11.9. The number of hydrogen-bond donors (Lipinski definition) is 21. The summed E-state index contributed by atoms with van der Waals surface area (Å²) >= 11 is 0. The molecule has 22 atom stereocenters. The molecule has 4 aliphatic heterocycles. The fraction of sp³-hybridized carbons (Fsp3) is 0.661. The molecule has 4 fully saturated rings. The van der Waals surface area contributed by atoms with E-state index in [2.05, 4.69) is 21.3 Å². The van der Waals surface area contributed by atoms with E-state index in [-0.39, 0.29) is 25.4 Å². The Hall–Kier alpha value is -6.37. The molecule has 10 unspecified atom stereocenters. The molecule has 22 N–H and O–H groups in total. The van der Waals surface area contributed by atoms with Gasteiger partial charge in [0.15, 0.2) is 23.1 Å². The molecule has 0 aromatic heterocycles. The number of amides is 4. The van der Waals surface area contributed by atoms with E-state index in [1.807, 2.05) is 48.5 Å². The van der Waals surface area contributed by atoms with Crippen LogP contribution >= 0.6 is 0 Å². The van der Waals surface area contributed by atoms with Gasteiger partial charge in [0.2, 0.25) is 17.7 Å². The minimum atomic E-state index is -1.80. The van der Waals surface area contributed by atoms with Crippen molar-refractivity contribution in [2.45, 2.75) is 192 Å².